The van der Waals surface area contributed by atoms with Crippen LogP contribution in [0.1, 0.15) is 20.8 Å². The maximum atomic E-state index is 4.05. The van der Waals surface area contributed by atoms with E-state index in [-0.39, 0.29) is 0 Å². The van der Waals surface area contributed by atoms with E-state index in [9.17, 15) is 0 Å². The first kappa shape index (κ1) is 9.21. The minimum absolute atomic E-state index is 0.857. The molecule has 10 heavy (non-hydrogen) atoms. The molecule has 0 aromatic heterocycles. The zero-order valence-electron chi connectivity index (χ0n) is 7.02. The van der Waals surface area contributed by atoms with Gasteiger partial charge in [0.05, 0.1) is 0 Å². The first-order valence-corrected chi connectivity index (χ1v) is 3.71. The van der Waals surface area contributed by atoms with Gasteiger partial charge in [-0.3, -0.25) is 4.99 Å². The van der Waals surface area contributed by atoms with Gasteiger partial charge in [0.2, 0.25) is 0 Å². The number of hydrogen-bond acceptors (Lipinski definition) is 2. The van der Waals surface area contributed by atoms with E-state index in [0.717, 1.165) is 13.1 Å². The second-order valence-electron chi connectivity index (χ2n) is 2.03. The molecule has 0 saturated heterocycles. The number of rotatable bonds is 4. The molecular formula is C8H16N2. The van der Waals surface area contributed by atoms with Gasteiger partial charge in [-0.25, -0.2) is 0 Å². The average molecular weight is 140 g/mol. The summed E-state index contributed by atoms with van der Waals surface area (Å²) in [6, 6.07) is 0. The van der Waals surface area contributed by atoms with Gasteiger partial charge in [-0.05, 0) is 26.8 Å². The molecule has 0 atom stereocenters. The van der Waals surface area contributed by atoms with E-state index in [2.05, 4.69) is 17.2 Å². The highest BCUT2D eigenvalue weighted by Crippen LogP contribution is 1.81. The molecule has 0 fully saturated rings. The Kier molecular flexibility index (Phi) is 5.83. The summed E-state index contributed by atoms with van der Waals surface area (Å²) in [6.45, 7) is 7.96. The first-order chi connectivity index (χ1) is 4.81. The van der Waals surface area contributed by atoms with Crippen molar-refractivity contribution in [2.45, 2.75) is 20.8 Å². The lowest BCUT2D eigenvalue weighted by molar-refractivity contribution is 0.856. The highest BCUT2D eigenvalue weighted by atomic mass is 14.9. The Morgan fingerprint density at radius 1 is 1.50 bits per heavy atom. The molecule has 0 rings (SSSR count). The fourth-order valence-electron chi connectivity index (χ4n) is 0.608. The van der Waals surface area contributed by atoms with Crippen LogP contribution in [-0.2, 0) is 0 Å². The van der Waals surface area contributed by atoms with Gasteiger partial charge in [-0.2, -0.15) is 0 Å². The molecule has 0 heterocycles. The van der Waals surface area contributed by atoms with Crippen LogP contribution in [0.25, 0.3) is 0 Å². The highest BCUT2D eigenvalue weighted by molar-refractivity contribution is 5.71. The van der Waals surface area contributed by atoms with E-state index < -0.39 is 0 Å². The largest absolute Gasteiger partial charge is 0.389 e. The molecule has 0 spiro atoms. The van der Waals surface area contributed by atoms with Gasteiger partial charge in [-0.15, -0.1) is 0 Å². The third-order valence-corrected chi connectivity index (χ3v) is 1.07. The van der Waals surface area contributed by atoms with Crippen molar-refractivity contribution in [2.75, 3.05) is 13.1 Å². The van der Waals surface area contributed by atoms with Gasteiger partial charge in [0, 0.05) is 25.0 Å². The van der Waals surface area contributed by atoms with Gasteiger partial charge < -0.3 is 5.32 Å². The van der Waals surface area contributed by atoms with Gasteiger partial charge in [0.25, 0.3) is 0 Å². The van der Waals surface area contributed by atoms with Crippen LogP contribution in [-0.4, -0.2) is 19.3 Å². The number of aliphatic imine (C=N–C) groups is 1. The van der Waals surface area contributed by atoms with E-state index >= 15 is 0 Å². The van der Waals surface area contributed by atoms with E-state index in [4.69, 9.17) is 0 Å². The lowest BCUT2D eigenvalue weighted by Gasteiger charge is -1.98. The third-order valence-electron chi connectivity index (χ3n) is 1.07. The molecule has 0 radical (unpaired) electrons. The molecule has 2 nitrogen and oxygen atoms in total. The zero-order valence-corrected chi connectivity index (χ0v) is 7.02. The second-order valence-corrected chi connectivity index (χ2v) is 2.03. The second kappa shape index (κ2) is 6.33. The molecule has 0 aliphatic carbocycles. The number of nitrogens with zero attached hydrogens (tertiary/aromatic N) is 1. The molecule has 0 aromatic carbocycles. The quantitative estimate of drug-likeness (QED) is 0.589. The van der Waals surface area contributed by atoms with Crippen molar-refractivity contribution in [3.05, 3.63) is 11.8 Å². The summed E-state index contributed by atoms with van der Waals surface area (Å²) in [5.74, 6) is 0. The maximum absolute atomic E-state index is 4.05. The van der Waals surface area contributed by atoms with E-state index in [1.807, 2.05) is 26.1 Å². The Balaban J connectivity index is 3.56. The van der Waals surface area contributed by atoms with Gasteiger partial charge in [0.15, 0.2) is 0 Å². The predicted molar refractivity (Wildman–Crippen MR) is 46.5 cm³/mol. The van der Waals surface area contributed by atoms with Gasteiger partial charge in [0.1, 0.15) is 0 Å². The van der Waals surface area contributed by atoms with Crippen LogP contribution in [0.3, 0.4) is 0 Å². The smallest absolute Gasteiger partial charge is 0.0360 e. The first-order valence-electron chi connectivity index (χ1n) is 3.71. The molecule has 0 aliphatic heterocycles. The zero-order chi connectivity index (χ0) is 7.82. The topological polar surface area (TPSA) is 24.4 Å². The molecule has 0 saturated carbocycles. The molecule has 2 heteroatoms. The minimum atomic E-state index is 0.857. The lowest BCUT2D eigenvalue weighted by atomic mass is 10.4. The Hall–Kier alpha value is -0.790. The van der Waals surface area contributed by atoms with Crippen LogP contribution in [0, 0.1) is 0 Å². The van der Waals surface area contributed by atoms with Crippen molar-refractivity contribution in [3.8, 4) is 0 Å². The molecule has 1 N–H and O–H groups in total. The minimum Gasteiger partial charge on any atom is -0.389 e. The van der Waals surface area contributed by atoms with Crippen LogP contribution < -0.4 is 5.32 Å². The van der Waals surface area contributed by atoms with Crippen LogP contribution in [0.5, 0.6) is 0 Å². The third kappa shape index (κ3) is 5.35. The summed E-state index contributed by atoms with van der Waals surface area (Å²) in [4.78, 5) is 4.05. The van der Waals surface area contributed by atoms with Crippen LogP contribution in [0.15, 0.2) is 16.8 Å². The SMILES string of the molecule is CCN=C/C=C(/C)NCC. The molecule has 0 aliphatic rings. The van der Waals surface area contributed by atoms with Crippen molar-refractivity contribution < 1.29 is 0 Å². The highest BCUT2D eigenvalue weighted by Gasteiger charge is 1.78. The van der Waals surface area contributed by atoms with Crippen molar-refractivity contribution >= 4 is 6.21 Å². The van der Waals surface area contributed by atoms with Crippen LogP contribution in [0.4, 0.5) is 0 Å². The monoisotopic (exact) mass is 140 g/mol. The molecule has 0 aromatic rings. The molecular weight excluding hydrogens is 124 g/mol. The standard InChI is InChI=1S/C8H16N2/c1-4-9-7-6-8(3)10-5-2/h6-7,10H,4-5H2,1-3H3/b8-6-,9-7?. The van der Waals surface area contributed by atoms with E-state index in [1.165, 1.54) is 5.70 Å². The van der Waals surface area contributed by atoms with E-state index in [1.54, 1.807) is 0 Å². The predicted octanol–water partition coefficient (Wildman–Crippen LogP) is 1.59. The van der Waals surface area contributed by atoms with Crippen LogP contribution in [0.2, 0.25) is 0 Å². The Morgan fingerprint density at radius 2 is 2.20 bits per heavy atom. The Labute approximate surface area is 63.0 Å². The average Bonchev–Trinajstić information content (AvgIpc) is 1.89. The lowest BCUT2D eigenvalue weighted by Crippen LogP contribution is -2.08. The summed E-state index contributed by atoms with van der Waals surface area (Å²) >= 11 is 0. The van der Waals surface area contributed by atoms with Crippen molar-refractivity contribution in [1.82, 2.24) is 5.32 Å². The molecule has 0 bridgehead atoms. The summed E-state index contributed by atoms with van der Waals surface area (Å²) in [5, 5.41) is 3.17. The van der Waals surface area contributed by atoms with Crippen molar-refractivity contribution in [3.63, 3.8) is 0 Å². The van der Waals surface area contributed by atoms with Crippen LogP contribution >= 0.6 is 0 Å². The molecule has 58 valence electrons. The summed E-state index contributed by atoms with van der Waals surface area (Å²) in [7, 11) is 0. The van der Waals surface area contributed by atoms with Crippen molar-refractivity contribution in [1.29, 1.82) is 0 Å². The Morgan fingerprint density at radius 3 is 2.70 bits per heavy atom. The fourth-order valence-corrected chi connectivity index (χ4v) is 0.608. The normalized spacial score (nSPS) is 12.5. The van der Waals surface area contributed by atoms with E-state index in [0.29, 0.717) is 0 Å². The fraction of sp³-hybridized carbons (Fsp3) is 0.625. The Bertz CT molecular complexity index is 125. The molecule has 0 amide bonds. The number of nitrogens with one attached hydrogen (secondary N) is 1. The number of allylic oxidation sites excluding steroid dienone is 2. The maximum Gasteiger partial charge on any atom is 0.0360 e. The summed E-state index contributed by atoms with van der Waals surface area (Å²) in [6.07, 6.45) is 3.81. The van der Waals surface area contributed by atoms with Gasteiger partial charge in [-0.1, -0.05) is 0 Å². The number of hydrogen-bond donors (Lipinski definition) is 1. The molecule has 0 unspecified atom stereocenters. The summed E-state index contributed by atoms with van der Waals surface area (Å²) < 4.78 is 0. The van der Waals surface area contributed by atoms with Gasteiger partial charge >= 0.3 is 0 Å². The van der Waals surface area contributed by atoms with Crippen molar-refractivity contribution in [2.24, 2.45) is 4.99 Å². The summed E-state index contributed by atoms with van der Waals surface area (Å²) in [5.41, 5.74) is 1.17.